The zero-order chi connectivity index (χ0) is 14.6. The summed E-state index contributed by atoms with van der Waals surface area (Å²) in [5.74, 6) is -1.28. The van der Waals surface area contributed by atoms with Crippen LogP contribution in [-0.2, 0) is 4.79 Å². The Labute approximate surface area is 111 Å². The number of carboxylic acid groups (broad SMARTS) is 1. The van der Waals surface area contributed by atoms with Crippen LogP contribution in [0.15, 0.2) is 24.3 Å². The maximum Gasteiger partial charge on any atom is 0.307 e. The molecule has 0 saturated heterocycles. The molecule has 6 heteroatoms. The summed E-state index contributed by atoms with van der Waals surface area (Å²) >= 11 is 0. The average Bonchev–Trinajstić information content (AvgIpc) is 2.37. The monoisotopic (exact) mass is 266 g/mol. The van der Waals surface area contributed by atoms with Crippen molar-refractivity contribution in [3.63, 3.8) is 0 Å². The quantitative estimate of drug-likeness (QED) is 0.631. The van der Waals surface area contributed by atoms with Gasteiger partial charge in [-0.2, -0.15) is 0 Å². The number of aliphatic carboxylic acids is 1. The van der Waals surface area contributed by atoms with Gasteiger partial charge in [0.05, 0.1) is 10.8 Å². The molecule has 0 aliphatic rings. The Bertz CT molecular complexity index is 458. The predicted octanol–water partition coefficient (Wildman–Crippen LogP) is 2.31. The van der Waals surface area contributed by atoms with Crippen LogP contribution in [0.25, 0.3) is 0 Å². The van der Waals surface area contributed by atoms with Gasteiger partial charge in [-0.15, -0.1) is 0 Å². The summed E-state index contributed by atoms with van der Waals surface area (Å²) in [7, 11) is 1.84. The molecule has 6 nitrogen and oxygen atoms in total. The number of hydrogen-bond donors (Lipinski definition) is 1. The molecule has 0 heterocycles. The standard InChI is InChI=1S/C13H18N2O4/c1-9(13(16)17)8-14(3)10(2)11-4-6-12(7-5-11)15(18)19/h4-7,9-10H,8H2,1-3H3,(H,16,17). The maximum atomic E-state index is 10.8. The molecule has 0 aliphatic heterocycles. The summed E-state index contributed by atoms with van der Waals surface area (Å²) in [5.41, 5.74) is 0.975. The molecule has 1 rings (SSSR count). The second-order valence-electron chi connectivity index (χ2n) is 4.70. The fraction of sp³-hybridized carbons (Fsp3) is 0.462. The van der Waals surface area contributed by atoms with Crippen LogP contribution in [-0.4, -0.2) is 34.5 Å². The van der Waals surface area contributed by atoms with Crippen LogP contribution < -0.4 is 0 Å². The summed E-state index contributed by atoms with van der Waals surface area (Å²) in [6.07, 6.45) is 0. The first-order valence-electron chi connectivity index (χ1n) is 6.00. The van der Waals surface area contributed by atoms with E-state index in [1.165, 1.54) is 12.1 Å². The van der Waals surface area contributed by atoms with Gasteiger partial charge in [0.15, 0.2) is 0 Å². The minimum absolute atomic E-state index is 0.00241. The third-order valence-electron chi connectivity index (χ3n) is 3.23. The van der Waals surface area contributed by atoms with E-state index < -0.39 is 16.8 Å². The molecule has 2 unspecified atom stereocenters. The lowest BCUT2D eigenvalue weighted by molar-refractivity contribution is -0.384. The van der Waals surface area contributed by atoms with Crippen molar-refractivity contribution in [2.45, 2.75) is 19.9 Å². The van der Waals surface area contributed by atoms with Crippen molar-refractivity contribution >= 4 is 11.7 Å². The van der Waals surface area contributed by atoms with Crippen LogP contribution in [0.3, 0.4) is 0 Å². The van der Waals surface area contributed by atoms with E-state index in [2.05, 4.69) is 0 Å². The predicted molar refractivity (Wildman–Crippen MR) is 70.9 cm³/mol. The van der Waals surface area contributed by atoms with Gasteiger partial charge in [0.25, 0.3) is 5.69 Å². The summed E-state index contributed by atoms with van der Waals surface area (Å²) in [6, 6.07) is 6.32. The Hall–Kier alpha value is -1.95. The Balaban J connectivity index is 2.73. The third-order valence-corrected chi connectivity index (χ3v) is 3.23. The highest BCUT2D eigenvalue weighted by molar-refractivity contribution is 5.69. The number of benzene rings is 1. The van der Waals surface area contributed by atoms with Crippen molar-refractivity contribution in [3.05, 3.63) is 39.9 Å². The molecule has 1 aromatic rings. The van der Waals surface area contributed by atoms with Crippen molar-refractivity contribution < 1.29 is 14.8 Å². The van der Waals surface area contributed by atoms with E-state index in [1.807, 2.05) is 18.9 Å². The highest BCUT2D eigenvalue weighted by Gasteiger charge is 2.18. The molecule has 0 spiro atoms. The van der Waals surface area contributed by atoms with Crippen LogP contribution in [0.5, 0.6) is 0 Å². The normalized spacial score (nSPS) is 14.1. The number of non-ortho nitro benzene ring substituents is 1. The number of carbonyl (C=O) groups is 1. The number of rotatable bonds is 6. The zero-order valence-electron chi connectivity index (χ0n) is 11.2. The molecule has 0 amide bonds. The first kappa shape index (κ1) is 15.1. The number of nitrogens with zero attached hydrogens (tertiary/aromatic N) is 2. The molecule has 19 heavy (non-hydrogen) atoms. The molecule has 0 aromatic heterocycles. The number of nitro benzene ring substituents is 1. The molecular formula is C13H18N2O4. The van der Waals surface area contributed by atoms with Gasteiger partial charge >= 0.3 is 5.97 Å². The van der Waals surface area contributed by atoms with Gasteiger partial charge < -0.3 is 5.11 Å². The van der Waals surface area contributed by atoms with Crippen LogP contribution in [0.2, 0.25) is 0 Å². The summed E-state index contributed by atoms with van der Waals surface area (Å²) in [5, 5.41) is 19.4. The van der Waals surface area contributed by atoms with E-state index in [-0.39, 0.29) is 11.7 Å². The molecule has 104 valence electrons. The van der Waals surface area contributed by atoms with Gasteiger partial charge in [0, 0.05) is 24.7 Å². The molecule has 1 aromatic carbocycles. The second-order valence-corrected chi connectivity index (χ2v) is 4.70. The molecule has 2 atom stereocenters. The van der Waals surface area contributed by atoms with Crippen LogP contribution in [0.1, 0.15) is 25.5 Å². The summed E-state index contributed by atoms with van der Waals surface area (Å²) in [4.78, 5) is 22.9. The van der Waals surface area contributed by atoms with Gasteiger partial charge in [-0.1, -0.05) is 19.1 Å². The zero-order valence-corrected chi connectivity index (χ0v) is 11.2. The lowest BCUT2D eigenvalue weighted by Gasteiger charge is -2.26. The van der Waals surface area contributed by atoms with Crippen LogP contribution in [0, 0.1) is 16.0 Å². The third kappa shape index (κ3) is 4.03. The topological polar surface area (TPSA) is 83.7 Å². The molecule has 0 bridgehead atoms. The van der Waals surface area contributed by atoms with E-state index in [1.54, 1.807) is 19.1 Å². The van der Waals surface area contributed by atoms with E-state index in [9.17, 15) is 14.9 Å². The van der Waals surface area contributed by atoms with E-state index >= 15 is 0 Å². The largest absolute Gasteiger partial charge is 0.481 e. The van der Waals surface area contributed by atoms with Gasteiger partial charge in [-0.3, -0.25) is 19.8 Å². The van der Waals surface area contributed by atoms with E-state index in [4.69, 9.17) is 5.11 Å². The second kappa shape index (κ2) is 6.29. The highest BCUT2D eigenvalue weighted by atomic mass is 16.6. The first-order chi connectivity index (χ1) is 8.82. The van der Waals surface area contributed by atoms with E-state index in [0.717, 1.165) is 5.56 Å². The first-order valence-corrected chi connectivity index (χ1v) is 6.00. The Kier molecular flexibility index (Phi) is 5.00. The lowest BCUT2D eigenvalue weighted by atomic mass is 10.1. The van der Waals surface area contributed by atoms with Gasteiger partial charge in [0.2, 0.25) is 0 Å². The van der Waals surface area contributed by atoms with Crippen molar-refractivity contribution in [1.82, 2.24) is 4.90 Å². The van der Waals surface area contributed by atoms with Crippen molar-refractivity contribution in [3.8, 4) is 0 Å². The Morgan fingerprint density at radius 2 is 1.89 bits per heavy atom. The van der Waals surface area contributed by atoms with Gasteiger partial charge in [-0.25, -0.2) is 0 Å². The molecule has 1 N–H and O–H groups in total. The van der Waals surface area contributed by atoms with Crippen molar-refractivity contribution in [2.75, 3.05) is 13.6 Å². The molecule has 0 fully saturated rings. The Morgan fingerprint density at radius 3 is 2.32 bits per heavy atom. The number of nitro groups is 1. The fourth-order valence-electron chi connectivity index (χ4n) is 1.80. The summed E-state index contributed by atoms with van der Waals surface area (Å²) < 4.78 is 0. The minimum atomic E-state index is -0.831. The van der Waals surface area contributed by atoms with Crippen molar-refractivity contribution in [1.29, 1.82) is 0 Å². The summed E-state index contributed by atoms with van der Waals surface area (Å²) in [6.45, 7) is 4.02. The van der Waals surface area contributed by atoms with E-state index in [0.29, 0.717) is 6.54 Å². The van der Waals surface area contributed by atoms with Crippen LogP contribution in [0.4, 0.5) is 5.69 Å². The molecular weight excluding hydrogens is 248 g/mol. The average molecular weight is 266 g/mol. The Morgan fingerprint density at radius 1 is 1.37 bits per heavy atom. The fourth-order valence-corrected chi connectivity index (χ4v) is 1.80. The molecule has 0 saturated carbocycles. The SMILES string of the molecule is CC(CN(C)C(C)c1ccc([N+](=O)[O-])cc1)C(=O)O. The van der Waals surface area contributed by atoms with Crippen molar-refractivity contribution in [2.24, 2.45) is 5.92 Å². The molecule has 0 aliphatic carbocycles. The highest BCUT2D eigenvalue weighted by Crippen LogP contribution is 2.22. The molecule has 0 radical (unpaired) electrons. The van der Waals surface area contributed by atoms with Crippen LogP contribution >= 0.6 is 0 Å². The smallest absolute Gasteiger partial charge is 0.307 e. The van der Waals surface area contributed by atoms with Gasteiger partial charge in [0.1, 0.15) is 0 Å². The lowest BCUT2D eigenvalue weighted by Crippen LogP contribution is -2.30. The number of hydrogen-bond acceptors (Lipinski definition) is 4. The maximum absolute atomic E-state index is 10.8. The minimum Gasteiger partial charge on any atom is -0.481 e. The number of carboxylic acids is 1. The van der Waals surface area contributed by atoms with Gasteiger partial charge in [-0.05, 0) is 19.5 Å².